The number of nitrogens with one attached hydrogen (secondary N) is 2. The number of guanidine groups is 1. The summed E-state index contributed by atoms with van der Waals surface area (Å²) in [6, 6.07) is 1.86. The van der Waals surface area contributed by atoms with Crippen LogP contribution in [0.25, 0.3) is 0 Å². The molecule has 1 aromatic heterocycles. The summed E-state index contributed by atoms with van der Waals surface area (Å²) in [4.78, 5) is 7.56. The maximum Gasteiger partial charge on any atom is 0.192 e. The maximum atomic E-state index is 4.90. The highest BCUT2D eigenvalue weighted by Crippen LogP contribution is 2.31. The lowest BCUT2D eigenvalue weighted by molar-refractivity contribution is 0.315. The van der Waals surface area contributed by atoms with Crippen molar-refractivity contribution in [3.8, 4) is 0 Å². The fourth-order valence-electron chi connectivity index (χ4n) is 4.42. The molecule has 0 amide bonds. The van der Waals surface area contributed by atoms with E-state index in [-0.39, 0.29) is 24.0 Å². The van der Waals surface area contributed by atoms with Gasteiger partial charge in [0.15, 0.2) is 11.8 Å². The Morgan fingerprint density at radius 3 is 2.46 bits per heavy atom. The molecule has 2 unspecified atom stereocenters. The number of rotatable bonds is 5. The van der Waals surface area contributed by atoms with Gasteiger partial charge < -0.3 is 15.2 Å². The van der Waals surface area contributed by atoms with Crippen LogP contribution in [0.3, 0.4) is 0 Å². The maximum absolute atomic E-state index is 4.90. The molecule has 2 atom stereocenters. The van der Waals surface area contributed by atoms with Crippen molar-refractivity contribution in [2.75, 3.05) is 13.1 Å². The first kappa shape index (κ1) is 21.8. The van der Waals surface area contributed by atoms with Crippen molar-refractivity contribution >= 4 is 29.9 Å². The van der Waals surface area contributed by atoms with Gasteiger partial charge in [0, 0.05) is 38.3 Å². The first-order chi connectivity index (χ1) is 13.1. The molecule has 0 bridgehead atoms. The predicted octanol–water partition coefficient (Wildman–Crippen LogP) is 2.59. The van der Waals surface area contributed by atoms with Crippen molar-refractivity contribution in [1.29, 1.82) is 0 Å². The Morgan fingerprint density at radius 2 is 1.82 bits per heavy atom. The number of hydrogen-bond acceptors (Lipinski definition) is 4. The van der Waals surface area contributed by atoms with E-state index in [0.717, 1.165) is 30.2 Å². The highest BCUT2D eigenvalue weighted by atomic mass is 127. The lowest BCUT2D eigenvalue weighted by Crippen LogP contribution is -2.50. The van der Waals surface area contributed by atoms with Gasteiger partial charge in [-0.1, -0.05) is 26.2 Å². The monoisotopic (exact) mass is 501 g/mol. The van der Waals surface area contributed by atoms with Crippen LogP contribution in [-0.4, -0.2) is 56.8 Å². The Morgan fingerprint density at radius 1 is 1.07 bits per heavy atom. The summed E-state index contributed by atoms with van der Waals surface area (Å²) in [5, 5.41) is 15.9. The number of aromatic nitrogens is 3. The van der Waals surface area contributed by atoms with Crippen LogP contribution in [-0.2, 0) is 13.6 Å². The predicted molar refractivity (Wildman–Crippen MR) is 123 cm³/mol. The Bertz CT molecular complexity index is 664. The molecule has 2 N–H and O–H groups in total. The van der Waals surface area contributed by atoms with Crippen LogP contribution < -0.4 is 10.6 Å². The summed E-state index contributed by atoms with van der Waals surface area (Å²) < 4.78 is 2.02. The lowest BCUT2D eigenvalue weighted by Gasteiger charge is -2.27. The van der Waals surface area contributed by atoms with Crippen molar-refractivity contribution in [3.05, 3.63) is 11.6 Å². The van der Waals surface area contributed by atoms with E-state index in [1.54, 1.807) is 0 Å². The number of aryl methyl sites for hydroxylation is 1. The summed E-state index contributed by atoms with van der Waals surface area (Å²) in [7, 11) is 2.01. The van der Waals surface area contributed by atoms with Gasteiger partial charge in [-0.2, -0.15) is 0 Å². The van der Waals surface area contributed by atoms with E-state index in [0.29, 0.717) is 24.5 Å². The summed E-state index contributed by atoms with van der Waals surface area (Å²) >= 11 is 0. The Kier molecular flexibility index (Phi) is 7.58. The molecule has 2 saturated carbocycles. The second kappa shape index (κ2) is 9.73. The van der Waals surface area contributed by atoms with Crippen molar-refractivity contribution in [2.24, 2.45) is 18.0 Å². The largest absolute Gasteiger partial charge is 0.354 e. The third-order valence-corrected chi connectivity index (χ3v) is 6.53. The summed E-state index contributed by atoms with van der Waals surface area (Å²) in [6.45, 7) is 7.26. The van der Waals surface area contributed by atoms with Crippen LogP contribution in [0.15, 0.2) is 4.99 Å². The minimum absolute atomic E-state index is 0. The average molecular weight is 501 g/mol. The molecule has 3 fully saturated rings. The minimum atomic E-state index is 0. The smallest absolute Gasteiger partial charge is 0.192 e. The molecule has 3 aliphatic rings. The highest BCUT2D eigenvalue weighted by Gasteiger charge is 2.38. The number of halogens is 1. The first-order valence-electron chi connectivity index (χ1n) is 10.8. The van der Waals surface area contributed by atoms with Crippen molar-refractivity contribution in [1.82, 2.24) is 30.3 Å². The molecule has 0 radical (unpaired) electrons. The summed E-state index contributed by atoms with van der Waals surface area (Å²) in [6.07, 6.45) is 9.27. The van der Waals surface area contributed by atoms with Gasteiger partial charge in [0.2, 0.25) is 0 Å². The van der Waals surface area contributed by atoms with Crippen molar-refractivity contribution in [3.63, 3.8) is 0 Å². The standard InChI is InChI=1S/C20H35N7.HI/c1-14-12-27(17-9-10-17)13-18(14)23-20(22-16-7-5-4-6-8-16)21-11-19-25-24-15(2)26(19)3;/h14,16-18H,4-13H2,1-3H3,(H2,21,22,23);1H. The molecular weight excluding hydrogens is 465 g/mol. The van der Waals surface area contributed by atoms with Crippen LogP contribution in [0.2, 0.25) is 0 Å². The van der Waals surface area contributed by atoms with Crippen LogP contribution in [0.4, 0.5) is 0 Å². The molecule has 2 aliphatic carbocycles. The third-order valence-electron chi connectivity index (χ3n) is 6.53. The molecule has 7 nitrogen and oxygen atoms in total. The quantitative estimate of drug-likeness (QED) is 0.369. The molecule has 8 heteroatoms. The van der Waals surface area contributed by atoms with Crippen LogP contribution in [0, 0.1) is 12.8 Å². The first-order valence-corrected chi connectivity index (χ1v) is 10.8. The van der Waals surface area contributed by atoms with Gasteiger partial charge in [0.1, 0.15) is 12.4 Å². The van der Waals surface area contributed by atoms with E-state index in [4.69, 9.17) is 4.99 Å². The number of nitrogens with zero attached hydrogens (tertiary/aromatic N) is 5. The Hall–Kier alpha value is -0.900. The Balaban J connectivity index is 0.00000225. The van der Waals surface area contributed by atoms with Crippen LogP contribution in [0.5, 0.6) is 0 Å². The number of aliphatic imine (C=N–C) groups is 1. The van der Waals surface area contributed by atoms with Crippen molar-refractivity contribution < 1.29 is 0 Å². The zero-order chi connectivity index (χ0) is 18.8. The van der Waals surface area contributed by atoms with Gasteiger partial charge in [0.05, 0.1) is 0 Å². The zero-order valence-corrected chi connectivity index (χ0v) is 19.9. The summed E-state index contributed by atoms with van der Waals surface area (Å²) in [5.74, 6) is 3.45. The number of likely N-dealkylation sites (tertiary alicyclic amines) is 1. The molecule has 1 aromatic rings. The van der Waals surface area contributed by atoms with Gasteiger partial charge in [-0.25, -0.2) is 4.99 Å². The van der Waals surface area contributed by atoms with E-state index in [1.807, 2.05) is 18.5 Å². The second-order valence-corrected chi connectivity index (χ2v) is 8.78. The fourth-order valence-corrected chi connectivity index (χ4v) is 4.42. The minimum Gasteiger partial charge on any atom is -0.354 e. The average Bonchev–Trinajstić information content (AvgIpc) is 3.39. The molecule has 1 aliphatic heterocycles. The van der Waals surface area contributed by atoms with E-state index < -0.39 is 0 Å². The number of hydrogen-bond donors (Lipinski definition) is 2. The molecular formula is C20H36IN7. The van der Waals surface area contributed by atoms with E-state index in [1.165, 1.54) is 51.5 Å². The van der Waals surface area contributed by atoms with Gasteiger partial charge in [-0.3, -0.25) is 4.90 Å². The highest BCUT2D eigenvalue weighted by molar-refractivity contribution is 14.0. The molecule has 2 heterocycles. The molecule has 28 heavy (non-hydrogen) atoms. The van der Waals surface area contributed by atoms with Crippen molar-refractivity contribution in [2.45, 2.75) is 83.5 Å². The van der Waals surface area contributed by atoms with E-state index in [9.17, 15) is 0 Å². The molecule has 0 aromatic carbocycles. The fraction of sp³-hybridized carbons (Fsp3) is 0.850. The normalized spacial score (nSPS) is 26.9. The zero-order valence-electron chi connectivity index (χ0n) is 17.5. The van der Waals surface area contributed by atoms with Gasteiger partial charge in [0.25, 0.3) is 0 Å². The molecule has 0 spiro atoms. The lowest BCUT2D eigenvalue weighted by atomic mass is 9.96. The second-order valence-electron chi connectivity index (χ2n) is 8.78. The van der Waals surface area contributed by atoms with E-state index >= 15 is 0 Å². The van der Waals surface area contributed by atoms with Gasteiger partial charge in [-0.05, 0) is 38.5 Å². The molecule has 1 saturated heterocycles. The van der Waals surface area contributed by atoms with Crippen LogP contribution >= 0.6 is 24.0 Å². The van der Waals surface area contributed by atoms with Gasteiger partial charge >= 0.3 is 0 Å². The topological polar surface area (TPSA) is 70.4 Å². The summed E-state index contributed by atoms with van der Waals surface area (Å²) in [5.41, 5.74) is 0. The van der Waals surface area contributed by atoms with Gasteiger partial charge in [-0.15, -0.1) is 34.2 Å². The molecule has 4 rings (SSSR count). The van der Waals surface area contributed by atoms with E-state index in [2.05, 4.69) is 32.7 Å². The SMILES string of the molecule is Cc1nnc(CN=C(NC2CCCCC2)NC2CN(C3CC3)CC2C)n1C.I. The Labute approximate surface area is 186 Å². The third kappa shape index (κ3) is 5.37. The van der Waals surface area contributed by atoms with Crippen LogP contribution in [0.1, 0.15) is 63.5 Å². The molecule has 158 valence electrons.